The number of methoxy groups -OCH3 is 1. The molecule has 1 N–H and O–H groups in total. The van der Waals surface area contributed by atoms with Crippen molar-refractivity contribution >= 4 is 38.9 Å². The van der Waals surface area contributed by atoms with Crippen LogP contribution < -0.4 is 4.74 Å². The Labute approximate surface area is 164 Å². The quantitative estimate of drug-likeness (QED) is 0.426. The number of aliphatic imine (C=N–C) groups is 1. The van der Waals surface area contributed by atoms with Crippen LogP contribution in [-0.2, 0) is 0 Å². The molecule has 134 valence electrons. The fraction of sp³-hybridized carbons (Fsp3) is 0.0476. The van der Waals surface area contributed by atoms with Gasteiger partial charge in [-0.3, -0.25) is 4.99 Å². The van der Waals surface area contributed by atoms with Crippen molar-refractivity contribution in [1.29, 1.82) is 0 Å². The van der Waals surface area contributed by atoms with Gasteiger partial charge in [0.05, 0.1) is 12.8 Å². The zero-order valence-electron chi connectivity index (χ0n) is 14.4. The van der Waals surface area contributed by atoms with Crippen molar-refractivity contribution in [2.75, 3.05) is 7.11 Å². The van der Waals surface area contributed by atoms with E-state index in [0.717, 1.165) is 21.5 Å². The Bertz CT molecular complexity index is 1130. The van der Waals surface area contributed by atoms with Crippen LogP contribution in [-0.4, -0.2) is 23.4 Å². The van der Waals surface area contributed by atoms with Gasteiger partial charge in [-0.2, -0.15) is 0 Å². The van der Waals surface area contributed by atoms with Gasteiger partial charge >= 0.3 is 0 Å². The van der Waals surface area contributed by atoms with Crippen molar-refractivity contribution in [1.82, 2.24) is 4.98 Å². The van der Waals surface area contributed by atoms with E-state index in [9.17, 15) is 5.11 Å². The molecule has 4 rings (SSSR count). The van der Waals surface area contributed by atoms with Crippen molar-refractivity contribution in [3.63, 3.8) is 0 Å². The van der Waals surface area contributed by atoms with Crippen LogP contribution in [0.1, 0.15) is 5.56 Å². The number of hydrogen-bond donors (Lipinski definition) is 1. The van der Waals surface area contributed by atoms with Gasteiger partial charge in [0.2, 0.25) is 5.89 Å². The topological polar surface area (TPSA) is 67.9 Å². The highest BCUT2D eigenvalue weighted by molar-refractivity contribution is 9.10. The number of phenols is 1. The molecule has 0 radical (unpaired) electrons. The summed E-state index contributed by atoms with van der Waals surface area (Å²) in [5.41, 5.74) is 3.62. The van der Waals surface area contributed by atoms with E-state index in [-0.39, 0.29) is 5.75 Å². The van der Waals surface area contributed by atoms with Crippen LogP contribution in [0.15, 0.2) is 74.5 Å². The predicted molar refractivity (Wildman–Crippen MR) is 109 cm³/mol. The van der Waals surface area contributed by atoms with E-state index in [1.165, 1.54) is 0 Å². The van der Waals surface area contributed by atoms with Gasteiger partial charge in [-0.25, -0.2) is 4.98 Å². The number of hydrogen-bond acceptors (Lipinski definition) is 5. The second-order valence-electron chi connectivity index (χ2n) is 5.86. The largest absolute Gasteiger partial charge is 0.507 e. The molecule has 3 aromatic carbocycles. The monoisotopic (exact) mass is 422 g/mol. The van der Waals surface area contributed by atoms with Crippen molar-refractivity contribution < 1.29 is 14.3 Å². The Hall–Kier alpha value is -3.12. The number of phenolic OH excluding ortho intramolecular Hbond substituents is 1. The van der Waals surface area contributed by atoms with Crippen molar-refractivity contribution in [3.8, 4) is 23.0 Å². The Morgan fingerprint density at radius 1 is 1.07 bits per heavy atom. The molecule has 0 bridgehead atoms. The Morgan fingerprint density at radius 2 is 1.89 bits per heavy atom. The molecule has 6 heteroatoms. The van der Waals surface area contributed by atoms with Gasteiger partial charge in [0.1, 0.15) is 17.0 Å². The fourth-order valence-corrected chi connectivity index (χ4v) is 3.00. The van der Waals surface area contributed by atoms with Crippen LogP contribution in [0.4, 0.5) is 5.69 Å². The number of rotatable bonds is 4. The molecule has 0 fully saturated rings. The summed E-state index contributed by atoms with van der Waals surface area (Å²) in [4.78, 5) is 8.98. The summed E-state index contributed by atoms with van der Waals surface area (Å²) in [6.45, 7) is 0. The number of fused-ring (bicyclic) bond motifs is 1. The normalized spacial score (nSPS) is 11.3. The summed E-state index contributed by atoms with van der Waals surface area (Å²) >= 11 is 3.39. The summed E-state index contributed by atoms with van der Waals surface area (Å²) in [5.74, 6) is 1.49. The van der Waals surface area contributed by atoms with Gasteiger partial charge < -0.3 is 14.3 Å². The van der Waals surface area contributed by atoms with Crippen LogP contribution in [0.2, 0.25) is 0 Å². The van der Waals surface area contributed by atoms with Crippen molar-refractivity contribution in [3.05, 3.63) is 70.7 Å². The van der Waals surface area contributed by atoms with Crippen LogP contribution >= 0.6 is 15.9 Å². The van der Waals surface area contributed by atoms with Crippen LogP contribution in [0.3, 0.4) is 0 Å². The number of ether oxygens (including phenoxy) is 1. The van der Waals surface area contributed by atoms with Crippen LogP contribution in [0.25, 0.3) is 22.6 Å². The fourth-order valence-electron chi connectivity index (χ4n) is 2.63. The molecule has 0 atom stereocenters. The molecule has 27 heavy (non-hydrogen) atoms. The van der Waals surface area contributed by atoms with Crippen LogP contribution in [0, 0.1) is 0 Å². The molecule has 0 saturated carbocycles. The van der Waals surface area contributed by atoms with E-state index in [4.69, 9.17) is 9.15 Å². The average Bonchev–Trinajstić information content (AvgIpc) is 3.12. The minimum absolute atomic E-state index is 0.172. The highest BCUT2D eigenvalue weighted by Crippen LogP contribution is 2.28. The summed E-state index contributed by atoms with van der Waals surface area (Å²) in [6, 6.07) is 18.3. The number of benzene rings is 3. The molecule has 1 heterocycles. The molecule has 0 amide bonds. The molecular weight excluding hydrogens is 408 g/mol. The number of halogens is 1. The maximum absolute atomic E-state index is 9.90. The minimum atomic E-state index is 0.172. The van der Waals surface area contributed by atoms with Gasteiger partial charge in [-0.05, 0) is 60.7 Å². The molecular formula is C21H15BrN2O3. The Morgan fingerprint density at radius 3 is 2.67 bits per heavy atom. The summed E-state index contributed by atoms with van der Waals surface area (Å²) in [5, 5.41) is 9.90. The predicted octanol–water partition coefficient (Wildman–Crippen LogP) is 5.72. The van der Waals surface area contributed by atoms with Crippen LogP contribution in [0.5, 0.6) is 11.5 Å². The number of nitrogens with zero attached hydrogens (tertiary/aromatic N) is 2. The zero-order valence-corrected chi connectivity index (χ0v) is 16.0. The lowest BCUT2D eigenvalue weighted by molar-refractivity contribution is 0.415. The molecule has 5 nitrogen and oxygen atoms in total. The first-order valence-corrected chi connectivity index (χ1v) is 8.99. The average molecular weight is 423 g/mol. The molecule has 0 unspecified atom stereocenters. The minimum Gasteiger partial charge on any atom is -0.507 e. The molecule has 0 aliphatic carbocycles. The molecule has 0 aliphatic heterocycles. The van der Waals surface area contributed by atoms with E-state index in [2.05, 4.69) is 25.9 Å². The highest BCUT2D eigenvalue weighted by Gasteiger charge is 2.09. The van der Waals surface area contributed by atoms with E-state index in [1.807, 2.05) is 42.5 Å². The van der Waals surface area contributed by atoms with Gasteiger partial charge in [0.15, 0.2) is 5.58 Å². The third-order valence-electron chi connectivity index (χ3n) is 4.05. The number of aromatic nitrogens is 1. The van der Waals surface area contributed by atoms with Gasteiger partial charge in [-0.15, -0.1) is 0 Å². The smallest absolute Gasteiger partial charge is 0.227 e. The molecule has 0 spiro atoms. The highest BCUT2D eigenvalue weighted by atomic mass is 79.9. The number of oxazole rings is 1. The first-order chi connectivity index (χ1) is 13.1. The second-order valence-corrected chi connectivity index (χ2v) is 6.78. The third kappa shape index (κ3) is 3.71. The maximum atomic E-state index is 9.90. The lowest BCUT2D eigenvalue weighted by atomic mass is 10.2. The molecule has 0 saturated heterocycles. The Kier molecular flexibility index (Phi) is 4.64. The van der Waals surface area contributed by atoms with Gasteiger partial charge in [0, 0.05) is 21.8 Å². The third-order valence-corrected chi connectivity index (χ3v) is 4.54. The van der Waals surface area contributed by atoms with E-state index in [1.54, 1.807) is 31.5 Å². The number of aromatic hydroxyl groups is 1. The first-order valence-electron chi connectivity index (χ1n) is 8.20. The molecule has 1 aromatic heterocycles. The van der Waals surface area contributed by atoms with E-state index in [0.29, 0.717) is 22.6 Å². The van der Waals surface area contributed by atoms with Gasteiger partial charge in [0.25, 0.3) is 0 Å². The zero-order chi connectivity index (χ0) is 18.8. The summed E-state index contributed by atoms with van der Waals surface area (Å²) < 4.78 is 11.9. The maximum Gasteiger partial charge on any atom is 0.227 e. The lowest BCUT2D eigenvalue weighted by Gasteiger charge is -1.99. The standard InChI is InChI=1S/C21H15BrN2O3/c1-26-17-6-2-13(3-7-17)21-24-18-11-16(5-9-20(18)27-21)23-12-14-10-15(22)4-8-19(14)25/h2-12,25H,1H3. The first kappa shape index (κ1) is 17.3. The SMILES string of the molecule is COc1ccc(-c2nc3cc(N=Cc4cc(Br)ccc4O)ccc3o2)cc1. The van der Waals surface area contributed by atoms with Gasteiger partial charge in [-0.1, -0.05) is 15.9 Å². The van der Waals surface area contributed by atoms with Crippen molar-refractivity contribution in [2.24, 2.45) is 4.99 Å². The summed E-state index contributed by atoms with van der Waals surface area (Å²) in [6.07, 6.45) is 1.62. The van der Waals surface area contributed by atoms with Crippen molar-refractivity contribution in [2.45, 2.75) is 0 Å². The lowest BCUT2D eigenvalue weighted by Crippen LogP contribution is -1.82. The molecule has 0 aliphatic rings. The van der Waals surface area contributed by atoms with E-state index < -0.39 is 0 Å². The molecule has 4 aromatic rings. The van der Waals surface area contributed by atoms with E-state index >= 15 is 0 Å². The summed E-state index contributed by atoms with van der Waals surface area (Å²) in [7, 11) is 1.63. The second kappa shape index (κ2) is 7.25. The Balaban J connectivity index is 1.64.